The Morgan fingerprint density at radius 1 is 1.25 bits per heavy atom. The zero-order chi connectivity index (χ0) is 19.7. The zero-order valence-corrected chi connectivity index (χ0v) is 17.2. The summed E-state index contributed by atoms with van der Waals surface area (Å²) < 4.78 is 7.21. The molecule has 2 N–H and O–H groups in total. The van der Waals surface area contributed by atoms with E-state index in [-0.39, 0.29) is 0 Å². The third kappa shape index (κ3) is 5.58. The number of nitrogens with one attached hydrogen (secondary N) is 2. The van der Waals surface area contributed by atoms with E-state index in [9.17, 15) is 0 Å². The number of hydrogen-bond donors (Lipinski definition) is 2. The molecule has 0 aliphatic heterocycles. The summed E-state index contributed by atoms with van der Waals surface area (Å²) in [4.78, 5) is 4.86. The molecular weight excluding hydrogens is 350 g/mol. The summed E-state index contributed by atoms with van der Waals surface area (Å²) >= 11 is 0. The number of methoxy groups -OCH3 is 1. The minimum Gasteiger partial charge on any atom is -0.385 e. The summed E-state index contributed by atoms with van der Waals surface area (Å²) in [7, 11) is 1.78. The van der Waals surface area contributed by atoms with Gasteiger partial charge in [-0.1, -0.05) is 24.6 Å². The van der Waals surface area contributed by atoms with Crippen LogP contribution in [0.4, 0.5) is 0 Å². The van der Waals surface area contributed by atoms with E-state index in [1.807, 2.05) is 29.1 Å². The highest BCUT2D eigenvalue weighted by Crippen LogP contribution is 2.44. The van der Waals surface area contributed by atoms with E-state index in [1.165, 1.54) is 24.8 Å². The summed E-state index contributed by atoms with van der Waals surface area (Å²) in [5.74, 6) is 0.904. The molecule has 1 saturated carbocycles. The minimum atomic E-state index is 0.342. The molecule has 0 unspecified atom stereocenters. The number of ether oxygens (including phenoxy) is 1. The number of para-hydroxylation sites is 1. The van der Waals surface area contributed by atoms with Crippen LogP contribution < -0.4 is 10.6 Å². The van der Waals surface area contributed by atoms with E-state index in [0.29, 0.717) is 5.41 Å². The molecule has 1 fully saturated rings. The number of aromatic nitrogens is 2. The fraction of sp³-hybridized carbons (Fsp3) is 0.545. The van der Waals surface area contributed by atoms with Gasteiger partial charge in [-0.2, -0.15) is 5.10 Å². The van der Waals surface area contributed by atoms with Crippen LogP contribution in [0.3, 0.4) is 0 Å². The normalized spacial score (nSPS) is 15.9. The van der Waals surface area contributed by atoms with Crippen LogP contribution in [-0.4, -0.2) is 49.1 Å². The Labute approximate surface area is 168 Å². The molecule has 0 spiro atoms. The van der Waals surface area contributed by atoms with Gasteiger partial charge < -0.3 is 15.4 Å². The molecule has 1 aromatic heterocycles. The summed E-state index contributed by atoms with van der Waals surface area (Å²) in [5, 5.41) is 11.3. The van der Waals surface area contributed by atoms with Crippen molar-refractivity contribution in [2.75, 3.05) is 33.4 Å². The molecule has 1 heterocycles. The van der Waals surface area contributed by atoms with Gasteiger partial charge in [0, 0.05) is 39.5 Å². The van der Waals surface area contributed by atoms with Crippen LogP contribution in [0.2, 0.25) is 0 Å². The molecule has 6 heteroatoms. The van der Waals surface area contributed by atoms with Crippen molar-refractivity contribution in [3.63, 3.8) is 0 Å². The largest absolute Gasteiger partial charge is 0.385 e. The Kier molecular flexibility index (Phi) is 7.48. The number of benzene rings is 1. The van der Waals surface area contributed by atoms with Gasteiger partial charge in [0.2, 0.25) is 0 Å². The van der Waals surface area contributed by atoms with E-state index in [1.54, 1.807) is 7.11 Å². The number of rotatable bonds is 10. The van der Waals surface area contributed by atoms with Gasteiger partial charge in [-0.3, -0.25) is 4.99 Å². The fourth-order valence-electron chi connectivity index (χ4n) is 3.61. The minimum absolute atomic E-state index is 0.342. The number of hydrogen-bond acceptors (Lipinski definition) is 3. The maximum Gasteiger partial charge on any atom is 0.191 e. The average Bonchev–Trinajstić information content (AvgIpc) is 3.16. The van der Waals surface area contributed by atoms with Crippen LogP contribution in [0.15, 0.2) is 47.7 Å². The molecular formula is C22H33N5O. The molecule has 152 valence electrons. The molecule has 0 amide bonds. The van der Waals surface area contributed by atoms with Crippen molar-refractivity contribution < 1.29 is 4.74 Å². The van der Waals surface area contributed by atoms with Gasteiger partial charge >= 0.3 is 0 Å². The lowest BCUT2D eigenvalue weighted by molar-refractivity contribution is 0.0778. The predicted molar refractivity (Wildman–Crippen MR) is 114 cm³/mol. The Bertz CT molecular complexity index is 736. The second kappa shape index (κ2) is 10.3. The summed E-state index contributed by atoms with van der Waals surface area (Å²) in [6.45, 7) is 5.49. The van der Waals surface area contributed by atoms with Gasteiger partial charge in [0.1, 0.15) is 0 Å². The average molecular weight is 384 g/mol. The standard InChI is InChI=1S/C22H33N5O/c1-3-23-21(25-18-22(11-7-12-22)13-15-28-2)24-14-10-19-16-26-27(17-19)20-8-5-4-6-9-20/h4-6,8-9,16-17H,3,7,10-15,18H2,1-2H3,(H2,23,24,25). The highest BCUT2D eigenvalue weighted by atomic mass is 16.5. The van der Waals surface area contributed by atoms with Crippen LogP contribution in [0, 0.1) is 5.41 Å². The molecule has 1 aliphatic rings. The molecule has 0 saturated heterocycles. The van der Waals surface area contributed by atoms with Crippen molar-refractivity contribution in [3.05, 3.63) is 48.3 Å². The first-order chi connectivity index (χ1) is 13.7. The molecule has 6 nitrogen and oxygen atoms in total. The summed E-state index contributed by atoms with van der Waals surface area (Å²) in [5.41, 5.74) is 2.64. The maximum absolute atomic E-state index is 5.29. The van der Waals surface area contributed by atoms with Gasteiger partial charge in [0.05, 0.1) is 11.9 Å². The second-order valence-electron chi connectivity index (χ2n) is 7.60. The van der Waals surface area contributed by atoms with Crippen LogP contribution in [0.25, 0.3) is 5.69 Å². The Balaban J connectivity index is 1.50. The van der Waals surface area contributed by atoms with Crippen molar-refractivity contribution in [2.24, 2.45) is 10.4 Å². The van der Waals surface area contributed by atoms with Crippen molar-refractivity contribution >= 4 is 5.96 Å². The molecule has 28 heavy (non-hydrogen) atoms. The quantitative estimate of drug-likeness (QED) is 0.489. The van der Waals surface area contributed by atoms with E-state index in [2.05, 4.69) is 41.0 Å². The SMILES string of the molecule is CCNC(=NCC1(CCOC)CCC1)NCCc1cnn(-c2ccccc2)c1. The molecule has 0 bridgehead atoms. The summed E-state index contributed by atoms with van der Waals surface area (Å²) in [6, 6.07) is 10.2. The van der Waals surface area contributed by atoms with Gasteiger partial charge in [-0.05, 0) is 55.7 Å². The third-order valence-electron chi connectivity index (χ3n) is 5.53. The molecule has 2 aromatic rings. The Hall–Kier alpha value is -2.34. The maximum atomic E-state index is 5.29. The zero-order valence-electron chi connectivity index (χ0n) is 17.2. The van der Waals surface area contributed by atoms with Crippen LogP contribution in [-0.2, 0) is 11.2 Å². The molecule has 1 aromatic carbocycles. The fourth-order valence-corrected chi connectivity index (χ4v) is 3.61. The lowest BCUT2D eigenvalue weighted by atomic mass is 9.67. The van der Waals surface area contributed by atoms with E-state index >= 15 is 0 Å². The molecule has 0 radical (unpaired) electrons. The molecule has 0 atom stereocenters. The summed E-state index contributed by atoms with van der Waals surface area (Å²) in [6.07, 6.45) is 9.88. The Morgan fingerprint density at radius 3 is 2.75 bits per heavy atom. The van der Waals surface area contributed by atoms with Crippen molar-refractivity contribution in [2.45, 2.75) is 39.0 Å². The first kappa shape index (κ1) is 20.4. The first-order valence-electron chi connectivity index (χ1n) is 10.3. The van der Waals surface area contributed by atoms with Gasteiger partial charge in [0.15, 0.2) is 5.96 Å². The van der Waals surface area contributed by atoms with Crippen LogP contribution in [0.1, 0.15) is 38.2 Å². The van der Waals surface area contributed by atoms with Crippen LogP contribution >= 0.6 is 0 Å². The second-order valence-corrected chi connectivity index (χ2v) is 7.60. The van der Waals surface area contributed by atoms with E-state index in [0.717, 1.165) is 50.7 Å². The predicted octanol–water partition coefficient (Wildman–Crippen LogP) is 3.18. The van der Waals surface area contributed by atoms with Gasteiger partial charge in [-0.15, -0.1) is 0 Å². The van der Waals surface area contributed by atoms with Gasteiger partial charge in [0.25, 0.3) is 0 Å². The van der Waals surface area contributed by atoms with Crippen LogP contribution in [0.5, 0.6) is 0 Å². The Morgan fingerprint density at radius 2 is 2.07 bits per heavy atom. The highest BCUT2D eigenvalue weighted by molar-refractivity contribution is 5.79. The highest BCUT2D eigenvalue weighted by Gasteiger charge is 2.36. The topological polar surface area (TPSA) is 63.5 Å². The third-order valence-corrected chi connectivity index (χ3v) is 5.53. The number of guanidine groups is 1. The number of aliphatic imine (C=N–C) groups is 1. The van der Waals surface area contributed by atoms with Gasteiger partial charge in [-0.25, -0.2) is 4.68 Å². The first-order valence-corrected chi connectivity index (χ1v) is 10.3. The van der Waals surface area contributed by atoms with Crippen molar-refractivity contribution in [1.82, 2.24) is 20.4 Å². The van der Waals surface area contributed by atoms with Crippen molar-refractivity contribution in [1.29, 1.82) is 0 Å². The molecule has 1 aliphatic carbocycles. The number of nitrogens with zero attached hydrogens (tertiary/aromatic N) is 3. The van der Waals surface area contributed by atoms with E-state index < -0.39 is 0 Å². The monoisotopic (exact) mass is 383 g/mol. The van der Waals surface area contributed by atoms with Crippen molar-refractivity contribution in [3.8, 4) is 5.69 Å². The lowest BCUT2D eigenvalue weighted by Gasteiger charge is -2.40. The smallest absolute Gasteiger partial charge is 0.191 e. The lowest BCUT2D eigenvalue weighted by Crippen LogP contribution is -2.41. The van der Waals surface area contributed by atoms with E-state index in [4.69, 9.17) is 9.73 Å². The molecule has 3 rings (SSSR count).